The van der Waals surface area contributed by atoms with Crippen molar-refractivity contribution in [2.24, 2.45) is 0 Å². The van der Waals surface area contributed by atoms with Crippen LogP contribution in [-0.4, -0.2) is 21.8 Å². The van der Waals surface area contributed by atoms with Gasteiger partial charge in [-0.3, -0.25) is 9.59 Å². The van der Waals surface area contributed by atoms with Gasteiger partial charge in [-0.25, -0.2) is 0 Å². The number of carbonyl (C=O) groups excluding carboxylic acids is 2. The Balaban J connectivity index is 2.09. The van der Waals surface area contributed by atoms with Crippen LogP contribution in [0.25, 0.3) is 0 Å². The van der Waals surface area contributed by atoms with Gasteiger partial charge in [0.2, 0.25) is 5.78 Å². The van der Waals surface area contributed by atoms with Gasteiger partial charge in [0, 0.05) is 11.1 Å². The summed E-state index contributed by atoms with van der Waals surface area (Å²) < 4.78 is 0. The zero-order valence-electron chi connectivity index (χ0n) is 12.6. The number of ketones is 2. The zero-order valence-corrected chi connectivity index (χ0v) is 12.6. The molecule has 0 unspecified atom stereocenters. The highest BCUT2D eigenvalue weighted by Gasteiger charge is 2.24. The van der Waals surface area contributed by atoms with Crippen LogP contribution in [0, 0.1) is 0 Å². The van der Waals surface area contributed by atoms with E-state index in [1.54, 1.807) is 60.7 Å². The molecule has 0 atom stereocenters. The molecule has 3 aromatic carbocycles. The van der Waals surface area contributed by atoms with Gasteiger partial charge in [-0.05, 0) is 12.1 Å². The van der Waals surface area contributed by atoms with E-state index in [-0.39, 0.29) is 16.9 Å². The van der Waals surface area contributed by atoms with Crippen molar-refractivity contribution < 1.29 is 19.8 Å². The Kier molecular flexibility index (Phi) is 4.12. The Bertz CT molecular complexity index is 900. The molecule has 0 saturated carbocycles. The van der Waals surface area contributed by atoms with Crippen LogP contribution in [0.1, 0.15) is 31.8 Å². The van der Waals surface area contributed by atoms with Crippen molar-refractivity contribution in [3.05, 3.63) is 95.1 Å². The number of carbonyl (C=O) groups is 2. The molecule has 0 aliphatic heterocycles. The molecular formula is C20H14O4. The van der Waals surface area contributed by atoms with E-state index in [0.29, 0.717) is 11.1 Å². The lowest BCUT2D eigenvalue weighted by molar-refractivity contribution is 0.103. The SMILES string of the molecule is O=C(c1ccccc1)c1ccc(O)c(C(=O)c2ccccc2)c1O. The second-order valence-corrected chi connectivity index (χ2v) is 5.25. The Morgan fingerprint density at radius 1 is 0.625 bits per heavy atom. The average molecular weight is 318 g/mol. The summed E-state index contributed by atoms with van der Waals surface area (Å²) in [5.41, 5.74) is 0.394. The van der Waals surface area contributed by atoms with E-state index in [2.05, 4.69) is 0 Å². The normalized spacial score (nSPS) is 10.3. The van der Waals surface area contributed by atoms with E-state index in [1.807, 2.05) is 0 Å². The fourth-order valence-corrected chi connectivity index (χ4v) is 2.47. The molecule has 0 aromatic heterocycles. The van der Waals surface area contributed by atoms with Crippen molar-refractivity contribution in [1.82, 2.24) is 0 Å². The summed E-state index contributed by atoms with van der Waals surface area (Å²) in [4.78, 5) is 25.1. The molecule has 3 aromatic rings. The van der Waals surface area contributed by atoms with Crippen molar-refractivity contribution in [3.8, 4) is 11.5 Å². The van der Waals surface area contributed by atoms with E-state index in [4.69, 9.17) is 0 Å². The monoisotopic (exact) mass is 318 g/mol. The Hall–Kier alpha value is -3.40. The number of phenolic OH excluding ortho intramolecular Hbond substituents is 2. The minimum atomic E-state index is -0.548. The molecule has 4 nitrogen and oxygen atoms in total. The minimum Gasteiger partial charge on any atom is -0.507 e. The second kappa shape index (κ2) is 6.38. The quantitative estimate of drug-likeness (QED) is 0.721. The summed E-state index contributed by atoms with van der Waals surface area (Å²) in [6.07, 6.45) is 0. The third-order valence-electron chi connectivity index (χ3n) is 3.70. The minimum absolute atomic E-state index is 0.0294. The van der Waals surface area contributed by atoms with Crippen LogP contribution in [0.4, 0.5) is 0 Å². The van der Waals surface area contributed by atoms with Gasteiger partial charge in [-0.2, -0.15) is 0 Å². The lowest BCUT2D eigenvalue weighted by Crippen LogP contribution is -2.07. The molecule has 24 heavy (non-hydrogen) atoms. The molecule has 0 fully saturated rings. The number of hydrogen-bond donors (Lipinski definition) is 2. The fourth-order valence-electron chi connectivity index (χ4n) is 2.47. The van der Waals surface area contributed by atoms with Crippen LogP contribution in [0.2, 0.25) is 0 Å². The third kappa shape index (κ3) is 2.77. The van der Waals surface area contributed by atoms with Crippen LogP contribution in [0.15, 0.2) is 72.8 Å². The lowest BCUT2D eigenvalue weighted by atomic mass is 9.95. The molecule has 0 saturated heterocycles. The molecule has 0 amide bonds. The summed E-state index contributed by atoms with van der Waals surface area (Å²) in [5.74, 6) is -1.85. The number of aromatic hydroxyl groups is 2. The highest BCUT2D eigenvalue weighted by atomic mass is 16.3. The van der Waals surface area contributed by atoms with Gasteiger partial charge in [-0.1, -0.05) is 60.7 Å². The van der Waals surface area contributed by atoms with Gasteiger partial charge in [0.1, 0.15) is 17.1 Å². The van der Waals surface area contributed by atoms with Crippen molar-refractivity contribution in [1.29, 1.82) is 0 Å². The summed E-state index contributed by atoms with van der Waals surface area (Å²) in [5, 5.41) is 20.4. The Morgan fingerprint density at radius 3 is 1.67 bits per heavy atom. The highest BCUT2D eigenvalue weighted by molar-refractivity contribution is 6.17. The summed E-state index contributed by atoms with van der Waals surface area (Å²) in [6.45, 7) is 0. The van der Waals surface area contributed by atoms with Gasteiger partial charge >= 0.3 is 0 Å². The zero-order chi connectivity index (χ0) is 17.1. The van der Waals surface area contributed by atoms with Gasteiger partial charge in [0.25, 0.3) is 0 Å². The van der Waals surface area contributed by atoms with Crippen molar-refractivity contribution in [2.75, 3.05) is 0 Å². The van der Waals surface area contributed by atoms with E-state index in [0.717, 1.165) is 0 Å². The maximum absolute atomic E-state index is 12.6. The van der Waals surface area contributed by atoms with Crippen LogP contribution in [-0.2, 0) is 0 Å². The molecule has 0 bridgehead atoms. The molecule has 0 radical (unpaired) electrons. The van der Waals surface area contributed by atoms with E-state index >= 15 is 0 Å². The number of benzene rings is 3. The van der Waals surface area contributed by atoms with Crippen molar-refractivity contribution >= 4 is 11.6 Å². The first-order valence-corrected chi connectivity index (χ1v) is 7.34. The number of hydrogen-bond acceptors (Lipinski definition) is 4. The van der Waals surface area contributed by atoms with Gasteiger partial charge < -0.3 is 10.2 Å². The average Bonchev–Trinajstić information content (AvgIpc) is 2.63. The van der Waals surface area contributed by atoms with Crippen LogP contribution in [0.3, 0.4) is 0 Å². The van der Waals surface area contributed by atoms with Gasteiger partial charge in [0.05, 0.1) is 5.56 Å². The topological polar surface area (TPSA) is 74.6 Å². The van der Waals surface area contributed by atoms with Crippen LogP contribution in [0.5, 0.6) is 11.5 Å². The van der Waals surface area contributed by atoms with Gasteiger partial charge in [0.15, 0.2) is 5.78 Å². The third-order valence-corrected chi connectivity index (χ3v) is 3.70. The van der Waals surface area contributed by atoms with Crippen molar-refractivity contribution in [2.45, 2.75) is 0 Å². The van der Waals surface area contributed by atoms with Gasteiger partial charge in [-0.15, -0.1) is 0 Å². The molecule has 0 heterocycles. The highest BCUT2D eigenvalue weighted by Crippen LogP contribution is 2.33. The predicted molar refractivity (Wildman–Crippen MR) is 89.5 cm³/mol. The maximum Gasteiger partial charge on any atom is 0.200 e. The van der Waals surface area contributed by atoms with Crippen molar-refractivity contribution in [3.63, 3.8) is 0 Å². The van der Waals surface area contributed by atoms with E-state index < -0.39 is 17.3 Å². The molecular weight excluding hydrogens is 304 g/mol. The molecule has 4 heteroatoms. The van der Waals surface area contributed by atoms with E-state index in [9.17, 15) is 19.8 Å². The summed E-state index contributed by atoms with van der Waals surface area (Å²) >= 11 is 0. The number of rotatable bonds is 4. The van der Waals surface area contributed by atoms with E-state index in [1.165, 1.54) is 12.1 Å². The van der Waals surface area contributed by atoms with Crippen LogP contribution < -0.4 is 0 Å². The largest absolute Gasteiger partial charge is 0.507 e. The standard InChI is InChI=1S/C20H14O4/c21-16-12-11-15(18(22)13-7-3-1-4-8-13)20(24)17(16)19(23)14-9-5-2-6-10-14/h1-12,21,24H. The first-order valence-electron chi connectivity index (χ1n) is 7.34. The first-order chi connectivity index (χ1) is 11.6. The molecule has 3 rings (SSSR count). The Labute approximate surface area is 138 Å². The summed E-state index contributed by atoms with van der Waals surface area (Å²) in [6, 6.07) is 19.3. The number of phenols is 2. The second-order valence-electron chi connectivity index (χ2n) is 5.25. The molecule has 0 aliphatic carbocycles. The molecule has 0 spiro atoms. The predicted octanol–water partition coefficient (Wildman–Crippen LogP) is 3.56. The summed E-state index contributed by atoms with van der Waals surface area (Å²) in [7, 11) is 0. The molecule has 2 N–H and O–H groups in total. The Morgan fingerprint density at radius 2 is 1.12 bits per heavy atom. The smallest absolute Gasteiger partial charge is 0.200 e. The van der Waals surface area contributed by atoms with Crippen LogP contribution >= 0.6 is 0 Å². The maximum atomic E-state index is 12.6. The molecule has 0 aliphatic rings. The fraction of sp³-hybridized carbons (Fsp3) is 0. The first kappa shape index (κ1) is 15.5. The lowest BCUT2D eigenvalue weighted by Gasteiger charge is -2.11. The molecule has 118 valence electrons.